The smallest absolute Gasteiger partial charge is 0.236 e. The summed E-state index contributed by atoms with van der Waals surface area (Å²) in [5.74, 6) is -0.0854. The SMILES string of the molecule is NC(=O)CN(CCC1CCCCC1)S(=O)(=O)/C=C/c1ccccc1. The van der Waals surface area contributed by atoms with Crippen molar-refractivity contribution in [1.29, 1.82) is 0 Å². The van der Waals surface area contributed by atoms with Gasteiger partial charge in [-0.3, -0.25) is 4.79 Å². The van der Waals surface area contributed by atoms with Crippen LogP contribution in [0.5, 0.6) is 0 Å². The number of sulfonamides is 1. The number of primary amides is 1. The van der Waals surface area contributed by atoms with Crippen LogP contribution in [0.25, 0.3) is 6.08 Å². The van der Waals surface area contributed by atoms with Crippen molar-refractivity contribution >= 4 is 22.0 Å². The third-order valence-corrected chi connectivity index (χ3v) is 5.95. The molecule has 1 aromatic rings. The molecule has 24 heavy (non-hydrogen) atoms. The molecule has 2 N–H and O–H groups in total. The summed E-state index contributed by atoms with van der Waals surface area (Å²) in [6, 6.07) is 9.21. The normalized spacial score (nSPS) is 16.7. The number of hydrogen-bond donors (Lipinski definition) is 1. The molecule has 132 valence electrons. The molecule has 1 aliphatic carbocycles. The maximum absolute atomic E-state index is 12.5. The molecule has 1 aromatic carbocycles. The molecule has 1 fully saturated rings. The predicted octanol–water partition coefficient (Wildman–Crippen LogP) is 2.74. The van der Waals surface area contributed by atoms with Gasteiger partial charge >= 0.3 is 0 Å². The second-order valence-electron chi connectivity index (χ2n) is 6.35. The summed E-state index contributed by atoms with van der Waals surface area (Å²) in [6.45, 7) is 0.0727. The van der Waals surface area contributed by atoms with Gasteiger partial charge in [-0.05, 0) is 24.0 Å². The summed E-state index contributed by atoms with van der Waals surface area (Å²) in [5.41, 5.74) is 6.04. The summed E-state index contributed by atoms with van der Waals surface area (Å²) < 4.78 is 26.3. The van der Waals surface area contributed by atoms with Gasteiger partial charge in [0.05, 0.1) is 6.54 Å². The van der Waals surface area contributed by atoms with E-state index in [2.05, 4.69) is 0 Å². The predicted molar refractivity (Wildman–Crippen MR) is 96.4 cm³/mol. The van der Waals surface area contributed by atoms with Crippen molar-refractivity contribution in [2.75, 3.05) is 13.1 Å². The molecule has 0 bridgehead atoms. The van der Waals surface area contributed by atoms with Crippen LogP contribution >= 0.6 is 0 Å². The summed E-state index contributed by atoms with van der Waals surface area (Å²) >= 11 is 0. The van der Waals surface area contributed by atoms with Crippen LogP contribution in [0.3, 0.4) is 0 Å². The number of nitrogens with two attached hydrogens (primary N) is 1. The molecular weight excluding hydrogens is 324 g/mol. The van der Waals surface area contributed by atoms with Crippen LogP contribution in [0.2, 0.25) is 0 Å². The minimum absolute atomic E-state index is 0.270. The van der Waals surface area contributed by atoms with E-state index in [9.17, 15) is 13.2 Å². The van der Waals surface area contributed by atoms with Gasteiger partial charge in [0.1, 0.15) is 0 Å². The molecule has 0 radical (unpaired) electrons. The maximum atomic E-state index is 12.5. The van der Waals surface area contributed by atoms with Crippen molar-refractivity contribution in [3.05, 3.63) is 41.3 Å². The van der Waals surface area contributed by atoms with Gasteiger partial charge < -0.3 is 5.73 Å². The summed E-state index contributed by atoms with van der Waals surface area (Å²) in [5, 5.41) is 1.16. The average Bonchev–Trinajstić information content (AvgIpc) is 2.58. The lowest BCUT2D eigenvalue weighted by atomic mass is 9.87. The van der Waals surface area contributed by atoms with Crippen LogP contribution in [-0.2, 0) is 14.8 Å². The Morgan fingerprint density at radius 2 is 1.83 bits per heavy atom. The number of rotatable bonds is 8. The van der Waals surface area contributed by atoms with Gasteiger partial charge in [-0.25, -0.2) is 8.42 Å². The van der Waals surface area contributed by atoms with Gasteiger partial charge in [0, 0.05) is 12.0 Å². The third-order valence-electron chi connectivity index (χ3n) is 4.44. The third kappa shape index (κ3) is 6.09. The first-order chi connectivity index (χ1) is 11.5. The highest BCUT2D eigenvalue weighted by Crippen LogP contribution is 2.26. The van der Waals surface area contributed by atoms with Crippen LogP contribution in [0, 0.1) is 5.92 Å². The van der Waals surface area contributed by atoms with E-state index in [-0.39, 0.29) is 6.54 Å². The topological polar surface area (TPSA) is 80.5 Å². The molecule has 0 saturated heterocycles. The summed E-state index contributed by atoms with van der Waals surface area (Å²) in [6.07, 6.45) is 8.30. The van der Waals surface area contributed by atoms with E-state index in [1.54, 1.807) is 6.08 Å². The van der Waals surface area contributed by atoms with Crippen LogP contribution in [0.4, 0.5) is 0 Å². The van der Waals surface area contributed by atoms with Crippen molar-refractivity contribution < 1.29 is 13.2 Å². The van der Waals surface area contributed by atoms with Crippen molar-refractivity contribution in [3.63, 3.8) is 0 Å². The number of carbonyl (C=O) groups excluding carboxylic acids is 1. The van der Waals surface area contributed by atoms with Crippen molar-refractivity contribution in [2.24, 2.45) is 11.7 Å². The molecule has 0 unspecified atom stereocenters. The molecule has 1 saturated carbocycles. The lowest BCUT2D eigenvalue weighted by molar-refractivity contribution is -0.118. The van der Waals surface area contributed by atoms with E-state index in [1.807, 2.05) is 30.3 Å². The fourth-order valence-corrected chi connectivity index (χ4v) is 4.26. The molecule has 0 aliphatic heterocycles. The van der Waals surface area contributed by atoms with Gasteiger partial charge in [-0.2, -0.15) is 4.31 Å². The Bertz CT molecular complexity index is 650. The lowest BCUT2D eigenvalue weighted by Gasteiger charge is -2.25. The highest BCUT2D eigenvalue weighted by atomic mass is 32.2. The zero-order chi connectivity index (χ0) is 17.4. The molecule has 1 amide bonds. The van der Waals surface area contributed by atoms with Crippen LogP contribution in [0.15, 0.2) is 35.7 Å². The molecule has 0 spiro atoms. The molecule has 2 rings (SSSR count). The van der Waals surface area contributed by atoms with Gasteiger partial charge in [-0.15, -0.1) is 0 Å². The molecule has 5 nitrogen and oxygen atoms in total. The monoisotopic (exact) mass is 350 g/mol. The number of benzene rings is 1. The standard InChI is InChI=1S/C18H26N2O3S/c19-18(21)15-20(13-11-16-7-3-1-4-8-16)24(22,23)14-12-17-9-5-2-6-10-17/h2,5-6,9-10,12,14,16H,1,3-4,7-8,11,13,15H2,(H2,19,21)/b14-12+. The number of carbonyl (C=O) groups is 1. The Morgan fingerprint density at radius 1 is 1.17 bits per heavy atom. The molecule has 0 heterocycles. The highest BCUT2D eigenvalue weighted by molar-refractivity contribution is 7.92. The molecule has 6 heteroatoms. The maximum Gasteiger partial charge on any atom is 0.236 e. The zero-order valence-corrected chi connectivity index (χ0v) is 14.7. The second-order valence-corrected chi connectivity index (χ2v) is 8.17. The second kappa shape index (κ2) is 8.99. The van der Waals surface area contributed by atoms with Crippen LogP contribution in [0.1, 0.15) is 44.1 Å². The van der Waals surface area contributed by atoms with Crippen molar-refractivity contribution in [3.8, 4) is 0 Å². The Labute approximate surface area is 144 Å². The first-order valence-corrected chi connectivity index (χ1v) is 9.99. The van der Waals surface area contributed by atoms with E-state index in [0.717, 1.165) is 30.2 Å². The Hall–Kier alpha value is -1.66. The van der Waals surface area contributed by atoms with Crippen molar-refractivity contribution in [1.82, 2.24) is 4.31 Å². The Balaban J connectivity index is 2.03. The minimum Gasteiger partial charge on any atom is -0.369 e. The Morgan fingerprint density at radius 3 is 2.46 bits per heavy atom. The molecular formula is C18H26N2O3S. The molecule has 0 aromatic heterocycles. The zero-order valence-electron chi connectivity index (χ0n) is 13.9. The van der Waals surface area contributed by atoms with Crippen molar-refractivity contribution in [2.45, 2.75) is 38.5 Å². The van der Waals surface area contributed by atoms with E-state index >= 15 is 0 Å². The van der Waals surface area contributed by atoms with Crippen LogP contribution in [-0.4, -0.2) is 31.7 Å². The Kier molecular flexibility index (Phi) is 6.99. The fraction of sp³-hybridized carbons (Fsp3) is 0.500. The van der Waals surface area contributed by atoms with E-state index in [1.165, 1.54) is 23.6 Å². The quantitative estimate of drug-likeness (QED) is 0.783. The largest absolute Gasteiger partial charge is 0.369 e. The highest BCUT2D eigenvalue weighted by Gasteiger charge is 2.23. The summed E-state index contributed by atoms with van der Waals surface area (Å²) in [4.78, 5) is 11.3. The molecule has 0 atom stereocenters. The number of amides is 1. The van der Waals surface area contributed by atoms with Crippen LogP contribution < -0.4 is 5.73 Å². The summed E-state index contributed by atoms with van der Waals surface area (Å²) in [7, 11) is -3.66. The van der Waals surface area contributed by atoms with E-state index < -0.39 is 15.9 Å². The number of hydrogen-bond acceptors (Lipinski definition) is 3. The van der Waals surface area contributed by atoms with E-state index in [4.69, 9.17) is 5.73 Å². The fourth-order valence-electron chi connectivity index (χ4n) is 3.09. The lowest BCUT2D eigenvalue weighted by Crippen LogP contribution is -2.38. The number of nitrogens with zero attached hydrogens (tertiary/aromatic N) is 1. The molecule has 1 aliphatic rings. The van der Waals surface area contributed by atoms with E-state index in [0.29, 0.717) is 12.5 Å². The first-order valence-electron chi connectivity index (χ1n) is 8.49. The average molecular weight is 350 g/mol. The van der Waals surface area contributed by atoms with Gasteiger partial charge in [0.15, 0.2) is 0 Å². The first kappa shape index (κ1) is 18.7. The van der Waals surface area contributed by atoms with Gasteiger partial charge in [0.25, 0.3) is 0 Å². The van der Waals surface area contributed by atoms with Gasteiger partial charge in [0.2, 0.25) is 15.9 Å². The minimum atomic E-state index is -3.66. The van der Waals surface area contributed by atoms with Gasteiger partial charge in [-0.1, -0.05) is 62.4 Å².